The predicted octanol–water partition coefficient (Wildman–Crippen LogP) is 2.91. The van der Waals surface area contributed by atoms with Crippen LogP contribution in [0.2, 0.25) is 0 Å². The third kappa shape index (κ3) is 4.27. The number of anilines is 2. The van der Waals surface area contributed by atoms with Crippen molar-refractivity contribution in [2.45, 2.75) is 33.2 Å². The van der Waals surface area contributed by atoms with E-state index in [2.05, 4.69) is 20.9 Å². The van der Waals surface area contributed by atoms with E-state index < -0.39 is 6.04 Å². The fraction of sp³-hybridized carbons (Fsp3) is 0.250. The van der Waals surface area contributed by atoms with E-state index in [4.69, 9.17) is 0 Å². The van der Waals surface area contributed by atoms with Crippen molar-refractivity contribution in [3.05, 3.63) is 59.2 Å². The summed E-state index contributed by atoms with van der Waals surface area (Å²) in [5.41, 5.74) is 4.88. The number of carbonyl (C=O) groups excluding carboxylic acids is 2. The molecule has 0 radical (unpaired) electrons. The highest BCUT2D eigenvalue weighted by molar-refractivity contribution is 6.10. The Morgan fingerprint density at radius 2 is 1.73 bits per heavy atom. The standard InChI is InChI=1S/C20H22N4O2/c1-12-4-7-15(8-5-12)22-20-23-17(11-18(25)24-20)19(26)21-16-9-6-13(2)14(3)10-16/h4-10,17H,11H2,1-3H3,(H,21,26)(H2,22,23,24,25)/t17-/m1/s1. The maximum atomic E-state index is 12.5. The molecule has 0 saturated heterocycles. The number of benzene rings is 2. The first-order valence-electron chi connectivity index (χ1n) is 8.50. The minimum Gasteiger partial charge on any atom is -0.326 e. The molecule has 0 saturated carbocycles. The lowest BCUT2D eigenvalue weighted by Crippen LogP contribution is -2.45. The number of amides is 2. The van der Waals surface area contributed by atoms with Gasteiger partial charge in [0.25, 0.3) is 0 Å². The van der Waals surface area contributed by atoms with Gasteiger partial charge in [-0.15, -0.1) is 0 Å². The molecule has 3 rings (SSSR count). The molecule has 0 spiro atoms. The molecular weight excluding hydrogens is 328 g/mol. The van der Waals surface area contributed by atoms with Gasteiger partial charge < -0.3 is 10.6 Å². The Hall–Kier alpha value is -3.15. The van der Waals surface area contributed by atoms with E-state index in [-0.39, 0.29) is 24.2 Å². The number of aliphatic imine (C=N–C) groups is 1. The maximum Gasteiger partial charge on any atom is 0.249 e. The van der Waals surface area contributed by atoms with Gasteiger partial charge >= 0.3 is 0 Å². The zero-order chi connectivity index (χ0) is 18.7. The van der Waals surface area contributed by atoms with Crippen LogP contribution in [0.1, 0.15) is 23.1 Å². The van der Waals surface area contributed by atoms with E-state index in [9.17, 15) is 9.59 Å². The predicted molar refractivity (Wildman–Crippen MR) is 103 cm³/mol. The first-order chi connectivity index (χ1) is 12.4. The molecule has 1 aliphatic rings. The van der Waals surface area contributed by atoms with Gasteiger partial charge in [0.1, 0.15) is 6.04 Å². The summed E-state index contributed by atoms with van der Waals surface area (Å²) in [5, 5.41) is 8.54. The molecule has 0 unspecified atom stereocenters. The van der Waals surface area contributed by atoms with E-state index in [0.717, 1.165) is 22.4 Å². The van der Waals surface area contributed by atoms with Crippen LogP contribution in [0.3, 0.4) is 0 Å². The summed E-state index contributed by atoms with van der Waals surface area (Å²) in [6, 6.07) is 12.6. The van der Waals surface area contributed by atoms with E-state index >= 15 is 0 Å². The molecule has 0 fully saturated rings. The Labute approximate surface area is 152 Å². The molecule has 26 heavy (non-hydrogen) atoms. The Morgan fingerprint density at radius 3 is 2.42 bits per heavy atom. The lowest BCUT2D eigenvalue weighted by Gasteiger charge is -2.21. The van der Waals surface area contributed by atoms with Gasteiger partial charge in [-0.2, -0.15) is 0 Å². The average molecular weight is 350 g/mol. The van der Waals surface area contributed by atoms with Gasteiger partial charge in [0.05, 0.1) is 6.42 Å². The van der Waals surface area contributed by atoms with Crippen molar-refractivity contribution in [1.29, 1.82) is 0 Å². The Kier molecular flexibility index (Phi) is 5.02. The lowest BCUT2D eigenvalue weighted by atomic mass is 10.1. The summed E-state index contributed by atoms with van der Waals surface area (Å²) in [6.45, 7) is 6.00. The van der Waals surface area contributed by atoms with Crippen LogP contribution in [-0.2, 0) is 9.59 Å². The van der Waals surface area contributed by atoms with Crippen molar-refractivity contribution >= 4 is 29.1 Å². The minimum absolute atomic E-state index is 0.0236. The Balaban J connectivity index is 1.73. The third-order valence-corrected chi connectivity index (χ3v) is 4.31. The van der Waals surface area contributed by atoms with Gasteiger partial charge in [0, 0.05) is 11.4 Å². The third-order valence-electron chi connectivity index (χ3n) is 4.31. The quantitative estimate of drug-likeness (QED) is 0.796. The maximum absolute atomic E-state index is 12.5. The van der Waals surface area contributed by atoms with Crippen LogP contribution in [0.15, 0.2) is 47.5 Å². The fourth-order valence-corrected chi connectivity index (χ4v) is 2.63. The van der Waals surface area contributed by atoms with Crippen LogP contribution in [0.4, 0.5) is 11.4 Å². The number of carbonyl (C=O) groups is 2. The van der Waals surface area contributed by atoms with Crippen molar-refractivity contribution in [2.75, 3.05) is 10.6 Å². The second-order valence-electron chi connectivity index (χ2n) is 6.53. The van der Waals surface area contributed by atoms with Gasteiger partial charge in [-0.1, -0.05) is 23.8 Å². The molecule has 0 bridgehead atoms. The molecule has 6 nitrogen and oxygen atoms in total. The number of guanidine groups is 1. The summed E-state index contributed by atoms with van der Waals surface area (Å²) < 4.78 is 0. The number of nitrogens with one attached hydrogen (secondary N) is 3. The fourth-order valence-electron chi connectivity index (χ4n) is 2.63. The number of hydrogen-bond donors (Lipinski definition) is 3. The summed E-state index contributed by atoms with van der Waals surface area (Å²) in [5.74, 6) is -0.258. The molecule has 0 aromatic heterocycles. The van der Waals surface area contributed by atoms with Gasteiger partial charge in [-0.05, 0) is 56.2 Å². The highest BCUT2D eigenvalue weighted by Gasteiger charge is 2.27. The highest BCUT2D eigenvalue weighted by atomic mass is 16.2. The molecule has 0 aliphatic carbocycles. The summed E-state index contributed by atoms with van der Waals surface area (Å²) in [6.07, 6.45) is 0.0236. The smallest absolute Gasteiger partial charge is 0.249 e. The molecule has 134 valence electrons. The van der Waals surface area contributed by atoms with Crippen LogP contribution in [0.25, 0.3) is 0 Å². The summed E-state index contributed by atoms with van der Waals surface area (Å²) in [7, 11) is 0. The molecule has 2 amide bonds. The van der Waals surface area contributed by atoms with Crippen LogP contribution in [-0.4, -0.2) is 23.8 Å². The zero-order valence-electron chi connectivity index (χ0n) is 15.1. The number of nitrogens with zero attached hydrogens (tertiary/aromatic N) is 1. The lowest BCUT2D eigenvalue weighted by molar-refractivity contribution is -0.124. The van der Waals surface area contributed by atoms with Gasteiger partial charge in [-0.25, -0.2) is 4.99 Å². The SMILES string of the molecule is Cc1ccc(NC2=N[C@@H](C(=O)Nc3ccc(C)c(C)c3)CC(=O)N2)cc1. The molecule has 1 atom stereocenters. The van der Waals surface area contributed by atoms with Crippen molar-refractivity contribution in [1.82, 2.24) is 5.32 Å². The number of aryl methyl sites for hydroxylation is 3. The molecule has 6 heteroatoms. The number of hydrogen-bond acceptors (Lipinski definition) is 4. The first-order valence-corrected chi connectivity index (χ1v) is 8.50. The monoisotopic (exact) mass is 350 g/mol. The molecule has 2 aromatic rings. The molecular formula is C20H22N4O2. The number of rotatable bonds is 3. The highest BCUT2D eigenvalue weighted by Crippen LogP contribution is 2.16. The van der Waals surface area contributed by atoms with E-state index in [1.807, 2.05) is 63.2 Å². The van der Waals surface area contributed by atoms with E-state index in [0.29, 0.717) is 5.69 Å². The second kappa shape index (κ2) is 7.39. The normalized spacial score (nSPS) is 16.5. The second-order valence-corrected chi connectivity index (χ2v) is 6.53. The molecule has 3 N–H and O–H groups in total. The molecule has 1 heterocycles. The average Bonchev–Trinajstić information content (AvgIpc) is 2.60. The van der Waals surface area contributed by atoms with Crippen LogP contribution >= 0.6 is 0 Å². The van der Waals surface area contributed by atoms with Gasteiger partial charge in [0.15, 0.2) is 0 Å². The topological polar surface area (TPSA) is 82.6 Å². The summed E-state index contributed by atoms with van der Waals surface area (Å²) in [4.78, 5) is 28.8. The van der Waals surface area contributed by atoms with Crippen molar-refractivity contribution in [2.24, 2.45) is 4.99 Å². The molecule has 1 aliphatic heterocycles. The zero-order valence-corrected chi connectivity index (χ0v) is 15.1. The Morgan fingerprint density at radius 1 is 1.04 bits per heavy atom. The first kappa shape index (κ1) is 17.7. The summed E-state index contributed by atoms with van der Waals surface area (Å²) >= 11 is 0. The Bertz CT molecular complexity index is 872. The van der Waals surface area contributed by atoms with Crippen LogP contribution in [0, 0.1) is 20.8 Å². The van der Waals surface area contributed by atoms with Crippen molar-refractivity contribution in [3.8, 4) is 0 Å². The van der Waals surface area contributed by atoms with Crippen molar-refractivity contribution in [3.63, 3.8) is 0 Å². The van der Waals surface area contributed by atoms with Gasteiger partial charge in [0.2, 0.25) is 17.8 Å². The van der Waals surface area contributed by atoms with Crippen LogP contribution < -0.4 is 16.0 Å². The van der Waals surface area contributed by atoms with Gasteiger partial charge in [-0.3, -0.25) is 14.9 Å². The van der Waals surface area contributed by atoms with E-state index in [1.54, 1.807) is 0 Å². The minimum atomic E-state index is -0.765. The van der Waals surface area contributed by atoms with E-state index in [1.165, 1.54) is 0 Å². The molecule has 2 aromatic carbocycles. The van der Waals surface area contributed by atoms with Crippen LogP contribution in [0.5, 0.6) is 0 Å². The largest absolute Gasteiger partial charge is 0.326 e. The van der Waals surface area contributed by atoms with Crippen molar-refractivity contribution < 1.29 is 9.59 Å².